The van der Waals surface area contributed by atoms with Crippen LogP contribution in [0.2, 0.25) is 0 Å². The van der Waals surface area contributed by atoms with E-state index in [1.807, 2.05) is 18.2 Å². The number of rotatable bonds is 5. The van der Waals surface area contributed by atoms with Crippen molar-refractivity contribution >= 4 is 53.9 Å². The number of aromatic nitrogens is 3. The summed E-state index contributed by atoms with van der Waals surface area (Å²) in [6.45, 7) is 0. The van der Waals surface area contributed by atoms with Crippen molar-refractivity contribution in [3.05, 3.63) is 200 Å². The number of benzene rings is 10. The Labute approximate surface area is 324 Å². The van der Waals surface area contributed by atoms with E-state index < -0.39 is 0 Å². The molecule has 0 radical (unpaired) electrons. The highest BCUT2D eigenvalue weighted by atomic mass is 15.0. The van der Waals surface area contributed by atoms with E-state index in [9.17, 15) is 0 Å². The zero-order valence-electron chi connectivity index (χ0n) is 30.4. The summed E-state index contributed by atoms with van der Waals surface area (Å²) in [4.78, 5) is 15.5. The lowest BCUT2D eigenvalue weighted by molar-refractivity contribution is 1.08. The molecule has 0 amide bonds. The van der Waals surface area contributed by atoms with Crippen molar-refractivity contribution in [2.75, 3.05) is 0 Å². The van der Waals surface area contributed by atoms with Crippen LogP contribution in [0.15, 0.2) is 200 Å². The van der Waals surface area contributed by atoms with Crippen molar-refractivity contribution in [3.8, 4) is 56.4 Å². The minimum absolute atomic E-state index is 0.636. The minimum Gasteiger partial charge on any atom is -0.208 e. The summed E-state index contributed by atoms with van der Waals surface area (Å²) in [5.41, 5.74) is 7.52. The largest absolute Gasteiger partial charge is 0.208 e. The van der Waals surface area contributed by atoms with E-state index in [4.69, 9.17) is 15.0 Å². The quantitative estimate of drug-likeness (QED) is 0.132. The number of nitrogens with zero attached hydrogens (tertiary/aromatic N) is 3. The average molecular weight is 712 g/mol. The molecule has 1 aromatic heterocycles. The lowest BCUT2D eigenvalue weighted by atomic mass is 9.87. The van der Waals surface area contributed by atoms with Crippen LogP contribution < -0.4 is 0 Å². The van der Waals surface area contributed by atoms with Gasteiger partial charge >= 0.3 is 0 Å². The van der Waals surface area contributed by atoms with E-state index in [1.165, 1.54) is 54.2 Å². The molecule has 56 heavy (non-hydrogen) atoms. The van der Waals surface area contributed by atoms with Gasteiger partial charge in [-0.1, -0.05) is 176 Å². The molecule has 0 aliphatic rings. The monoisotopic (exact) mass is 711 g/mol. The Morgan fingerprint density at radius 1 is 0.232 bits per heavy atom. The van der Waals surface area contributed by atoms with E-state index in [2.05, 4.69) is 182 Å². The normalized spacial score (nSPS) is 11.6. The smallest absolute Gasteiger partial charge is 0.164 e. The van der Waals surface area contributed by atoms with E-state index in [-0.39, 0.29) is 0 Å². The molecule has 0 unspecified atom stereocenters. The molecule has 1 heterocycles. The summed E-state index contributed by atoms with van der Waals surface area (Å²) in [5, 5.41) is 12.1. The van der Waals surface area contributed by atoms with E-state index in [1.54, 1.807) is 0 Å². The first-order valence-electron chi connectivity index (χ1n) is 19.0. The second-order valence-electron chi connectivity index (χ2n) is 14.4. The molecule has 0 spiro atoms. The molecule has 0 aliphatic heterocycles. The van der Waals surface area contributed by atoms with Crippen LogP contribution in [0.1, 0.15) is 0 Å². The average Bonchev–Trinajstić information content (AvgIpc) is 3.28. The van der Waals surface area contributed by atoms with Gasteiger partial charge in [-0.3, -0.25) is 0 Å². The summed E-state index contributed by atoms with van der Waals surface area (Å²) in [5.74, 6) is 1.92. The summed E-state index contributed by atoms with van der Waals surface area (Å²) in [6, 6.07) is 71.2. The van der Waals surface area contributed by atoms with Crippen LogP contribution >= 0.6 is 0 Å². The van der Waals surface area contributed by atoms with Crippen LogP contribution in [-0.2, 0) is 0 Å². The predicted molar refractivity (Wildman–Crippen MR) is 235 cm³/mol. The number of hydrogen-bond donors (Lipinski definition) is 0. The topological polar surface area (TPSA) is 38.7 Å². The standard InChI is InChI=1S/C53H33N3/c1-2-15-36(16-3-1)51-54-52(41-20-12-19-38(32-41)39-26-25-34-13-4-5-17-37(34)31-39)56-53(55-51)48-30-29-46(44-23-10-11-24-45(44)48)50-43-22-9-7-18-40(43)33-49-42-21-8-6-14-35(42)27-28-47(49)50/h1-33H. The molecule has 0 saturated carbocycles. The molecule has 0 atom stereocenters. The Bertz CT molecular complexity index is 3310. The third kappa shape index (κ3) is 5.40. The van der Waals surface area contributed by atoms with Crippen LogP contribution in [0.4, 0.5) is 0 Å². The molecule has 0 N–H and O–H groups in total. The van der Waals surface area contributed by atoms with E-state index in [0.29, 0.717) is 17.5 Å². The highest BCUT2D eigenvalue weighted by Crippen LogP contribution is 2.43. The van der Waals surface area contributed by atoms with Crippen LogP contribution in [0.3, 0.4) is 0 Å². The second-order valence-corrected chi connectivity index (χ2v) is 14.4. The van der Waals surface area contributed by atoms with Crippen molar-refractivity contribution in [2.45, 2.75) is 0 Å². The maximum Gasteiger partial charge on any atom is 0.164 e. The van der Waals surface area contributed by atoms with Crippen molar-refractivity contribution in [1.29, 1.82) is 0 Å². The fraction of sp³-hybridized carbons (Fsp3) is 0. The zero-order valence-corrected chi connectivity index (χ0v) is 30.4. The highest BCUT2D eigenvalue weighted by Gasteiger charge is 2.19. The molecule has 0 saturated heterocycles. The summed E-state index contributed by atoms with van der Waals surface area (Å²) in [6.07, 6.45) is 0. The van der Waals surface area contributed by atoms with Crippen molar-refractivity contribution in [3.63, 3.8) is 0 Å². The van der Waals surface area contributed by atoms with Crippen molar-refractivity contribution in [2.24, 2.45) is 0 Å². The predicted octanol–water partition coefficient (Wildman–Crippen LogP) is 14.0. The van der Waals surface area contributed by atoms with Gasteiger partial charge in [0.1, 0.15) is 0 Å². The third-order valence-corrected chi connectivity index (χ3v) is 11.1. The van der Waals surface area contributed by atoms with Crippen molar-refractivity contribution < 1.29 is 0 Å². The van der Waals surface area contributed by atoms with Crippen LogP contribution in [0, 0.1) is 0 Å². The fourth-order valence-electron chi connectivity index (χ4n) is 8.37. The Morgan fingerprint density at radius 2 is 0.786 bits per heavy atom. The van der Waals surface area contributed by atoms with Gasteiger partial charge in [-0.15, -0.1) is 0 Å². The maximum absolute atomic E-state index is 5.25. The molecule has 3 heteroatoms. The van der Waals surface area contributed by atoms with Gasteiger partial charge in [0, 0.05) is 16.7 Å². The summed E-state index contributed by atoms with van der Waals surface area (Å²) in [7, 11) is 0. The SMILES string of the molecule is c1ccc(-c2nc(-c3cccc(-c4ccc5ccccc5c4)c3)nc(-c3ccc(-c4c5ccccc5cc5c4ccc4ccccc45)c4ccccc34)n2)cc1. The van der Waals surface area contributed by atoms with Crippen LogP contribution in [0.25, 0.3) is 110 Å². The van der Waals surface area contributed by atoms with Gasteiger partial charge in [-0.2, -0.15) is 0 Å². The molecule has 10 aromatic carbocycles. The zero-order chi connectivity index (χ0) is 37.0. The van der Waals surface area contributed by atoms with Crippen LogP contribution in [-0.4, -0.2) is 15.0 Å². The fourth-order valence-corrected chi connectivity index (χ4v) is 8.37. The van der Waals surface area contributed by atoms with Gasteiger partial charge in [-0.05, 0) is 100 Å². The molecular weight excluding hydrogens is 679 g/mol. The molecule has 3 nitrogen and oxygen atoms in total. The summed E-state index contributed by atoms with van der Waals surface area (Å²) >= 11 is 0. The first-order chi connectivity index (χ1) is 27.7. The summed E-state index contributed by atoms with van der Waals surface area (Å²) < 4.78 is 0. The van der Waals surface area contributed by atoms with Crippen LogP contribution in [0.5, 0.6) is 0 Å². The second kappa shape index (κ2) is 13.1. The van der Waals surface area contributed by atoms with Gasteiger partial charge in [0.15, 0.2) is 17.5 Å². The molecule has 0 bridgehead atoms. The number of fused-ring (bicyclic) bond motifs is 6. The first kappa shape index (κ1) is 32.0. The van der Waals surface area contributed by atoms with Gasteiger partial charge < -0.3 is 0 Å². The Balaban J connectivity index is 1.12. The molecule has 0 fully saturated rings. The van der Waals surface area contributed by atoms with Gasteiger partial charge in [0.25, 0.3) is 0 Å². The molecule has 11 rings (SSSR count). The molecule has 260 valence electrons. The lowest BCUT2D eigenvalue weighted by Gasteiger charge is -2.17. The molecular formula is C53H33N3. The number of hydrogen-bond acceptors (Lipinski definition) is 3. The lowest BCUT2D eigenvalue weighted by Crippen LogP contribution is -2.01. The maximum atomic E-state index is 5.25. The van der Waals surface area contributed by atoms with E-state index >= 15 is 0 Å². The van der Waals surface area contributed by atoms with Gasteiger partial charge in [-0.25, -0.2) is 15.0 Å². The van der Waals surface area contributed by atoms with Gasteiger partial charge in [0.05, 0.1) is 0 Å². The highest BCUT2D eigenvalue weighted by molar-refractivity contribution is 6.22. The molecule has 0 aliphatic carbocycles. The minimum atomic E-state index is 0.636. The Hall–Kier alpha value is -7.49. The van der Waals surface area contributed by atoms with E-state index in [0.717, 1.165) is 38.6 Å². The van der Waals surface area contributed by atoms with Gasteiger partial charge in [0.2, 0.25) is 0 Å². The molecule has 11 aromatic rings. The van der Waals surface area contributed by atoms with Crippen molar-refractivity contribution in [1.82, 2.24) is 15.0 Å². The third-order valence-electron chi connectivity index (χ3n) is 11.1. The first-order valence-corrected chi connectivity index (χ1v) is 19.0. The Morgan fingerprint density at radius 3 is 1.61 bits per heavy atom. The Kier molecular flexibility index (Phi) is 7.49.